The molecule has 0 bridgehead atoms. The Labute approximate surface area is 102 Å². The fourth-order valence-corrected chi connectivity index (χ4v) is 2.40. The van der Waals surface area contributed by atoms with Gasteiger partial charge >= 0.3 is 0 Å². The summed E-state index contributed by atoms with van der Waals surface area (Å²) in [5.41, 5.74) is 2.43. The molecule has 1 N–H and O–H groups in total. The van der Waals surface area contributed by atoms with E-state index in [4.69, 9.17) is 0 Å². The predicted molar refractivity (Wildman–Crippen MR) is 70.5 cm³/mol. The van der Waals surface area contributed by atoms with Crippen LogP contribution in [-0.4, -0.2) is 0 Å². The standard InChI is InChI=1S/C12H12BrNS/c1-9-4-5-11(13)12(7-9)14-8-10-3-2-6-15-10/h2-7,14H,8H2,1H3. The van der Waals surface area contributed by atoms with Gasteiger partial charge in [0.05, 0.1) is 0 Å². The number of rotatable bonds is 3. The molecule has 0 saturated carbocycles. The second-order valence-electron chi connectivity index (χ2n) is 3.42. The molecule has 0 aliphatic rings. The van der Waals surface area contributed by atoms with Gasteiger partial charge in [-0.1, -0.05) is 12.1 Å². The van der Waals surface area contributed by atoms with Crippen LogP contribution >= 0.6 is 27.3 Å². The second-order valence-corrected chi connectivity index (χ2v) is 5.30. The van der Waals surface area contributed by atoms with Crippen LogP contribution in [-0.2, 0) is 6.54 Å². The molecular weight excluding hydrogens is 270 g/mol. The number of nitrogens with one attached hydrogen (secondary N) is 1. The summed E-state index contributed by atoms with van der Waals surface area (Å²) in [6.07, 6.45) is 0. The molecule has 0 spiro atoms. The normalized spacial score (nSPS) is 10.3. The summed E-state index contributed by atoms with van der Waals surface area (Å²) >= 11 is 5.31. The lowest BCUT2D eigenvalue weighted by atomic mass is 10.2. The average molecular weight is 282 g/mol. The molecule has 1 heterocycles. The zero-order valence-electron chi connectivity index (χ0n) is 8.46. The van der Waals surface area contributed by atoms with Crippen LogP contribution in [0.5, 0.6) is 0 Å². The SMILES string of the molecule is Cc1ccc(Br)c(NCc2cccs2)c1. The first-order valence-electron chi connectivity index (χ1n) is 4.78. The Morgan fingerprint density at radius 2 is 2.20 bits per heavy atom. The number of halogens is 1. The summed E-state index contributed by atoms with van der Waals surface area (Å²) < 4.78 is 1.12. The number of benzene rings is 1. The first-order chi connectivity index (χ1) is 7.25. The van der Waals surface area contributed by atoms with Crippen LogP contribution in [0.25, 0.3) is 0 Å². The smallest absolute Gasteiger partial charge is 0.0494 e. The molecule has 2 aromatic rings. The molecule has 3 heteroatoms. The quantitative estimate of drug-likeness (QED) is 0.878. The molecule has 2 rings (SSSR count). The van der Waals surface area contributed by atoms with Gasteiger partial charge in [-0.05, 0) is 52.0 Å². The van der Waals surface area contributed by atoms with Crippen molar-refractivity contribution in [3.8, 4) is 0 Å². The van der Waals surface area contributed by atoms with Gasteiger partial charge in [0.15, 0.2) is 0 Å². The van der Waals surface area contributed by atoms with Crippen molar-refractivity contribution in [3.05, 3.63) is 50.6 Å². The molecule has 0 unspecified atom stereocenters. The van der Waals surface area contributed by atoms with Crippen molar-refractivity contribution >= 4 is 33.0 Å². The Hall–Kier alpha value is -0.800. The molecule has 0 fully saturated rings. The van der Waals surface area contributed by atoms with E-state index >= 15 is 0 Å². The van der Waals surface area contributed by atoms with E-state index in [1.807, 2.05) is 0 Å². The first-order valence-corrected chi connectivity index (χ1v) is 6.45. The second kappa shape index (κ2) is 4.81. The van der Waals surface area contributed by atoms with Crippen molar-refractivity contribution in [2.75, 3.05) is 5.32 Å². The molecule has 0 radical (unpaired) electrons. The Balaban J connectivity index is 2.07. The van der Waals surface area contributed by atoms with Crippen molar-refractivity contribution in [2.24, 2.45) is 0 Å². The van der Waals surface area contributed by atoms with Crippen molar-refractivity contribution in [1.29, 1.82) is 0 Å². The molecule has 0 atom stereocenters. The summed E-state index contributed by atoms with van der Waals surface area (Å²) in [5.74, 6) is 0. The molecule has 0 amide bonds. The van der Waals surface area contributed by atoms with E-state index in [1.54, 1.807) is 11.3 Å². The van der Waals surface area contributed by atoms with Gasteiger partial charge in [-0.15, -0.1) is 11.3 Å². The maximum Gasteiger partial charge on any atom is 0.0494 e. The highest BCUT2D eigenvalue weighted by atomic mass is 79.9. The number of anilines is 1. The van der Waals surface area contributed by atoms with Crippen molar-refractivity contribution < 1.29 is 0 Å². The maximum absolute atomic E-state index is 3.54. The van der Waals surface area contributed by atoms with Crippen LogP contribution in [0.3, 0.4) is 0 Å². The number of aryl methyl sites for hydroxylation is 1. The summed E-state index contributed by atoms with van der Waals surface area (Å²) in [6, 6.07) is 10.5. The van der Waals surface area contributed by atoms with Gasteiger partial charge in [-0.2, -0.15) is 0 Å². The monoisotopic (exact) mass is 281 g/mol. The fraction of sp³-hybridized carbons (Fsp3) is 0.167. The van der Waals surface area contributed by atoms with Crippen LogP contribution in [0, 0.1) is 6.92 Å². The number of hydrogen-bond donors (Lipinski definition) is 1. The van der Waals surface area contributed by atoms with Crippen molar-refractivity contribution in [3.63, 3.8) is 0 Å². The van der Waals surface area contributed by atoms with Crippen LogP contribution in [0.2, 0.25) is 0 Å². The van der Waals surface area contributed by atoms with Crippen LogP contribution in [0.1, 0.15) is 10.4 Å². The Kier molecular flexibility index (Phi) is 3.44. The topological polar surface area (TPSA) is 12.0 Å². The molecule has 1 aromatic carbocycles. The van der Waals surface area contributed by atoms with E-state index in [2.05, 4.69) is 63.9 Å². The van der Waals surface area contributed by atoms with Crippen molar-refractivity contribution in [1.82, 2.24) is 0 Å². The zero-order valence-corrected chi connectivity index (χ0v) is 10.9. The van der Waals surface area contributed by atoms with Crippen LogP contribution < -0.4 is 5.32 Å². The lowest BCUT2D eigenvalue weighted by molar-refractivity contribution is 1.18. The van der Waals surface area contributed by atoms with E-state index < -0.39 is 0 Å². The predicted octanol–water partition coefficient (Wildman–Crippen LogP) is 4.43. The summed E-state index contributed by atoms with van der Waals surface area (Å²) in [4.78, 5) is 1.35. The minimum absolute atomic E-state index is 0.889. The Morgan fingerprint density at radius 3 is 2.93 bits per heavy atom. The highest BCUT2D eigenvalue weighted by Crippen LogP contribution is 2.24. The van der Waals surface area contributed by atoms with Crippen LogP contribution in [0.15, 0.2) is 40.2 Å². The molecule has 0 aliphatic heterocycles. The van der Waals surface area contributed by atoms with E-state index in [-0.39, 0.29) is 0 Å². The summed E-state index contributed by atoms with van der Waals surface area (Å²) in [5, 5.41) is 5.52. The molecule has 1 nitrogen and oxygen atoms in total. The van der Waals surface area contributed by atoms with Crippen LogP contribution in [0.4, 0.5) is 5.69 Å². The van der Waals surface area contributed by atoms with E-state index in [0.29, 0.717) is 0 Å². The van der Waals surface area contributed by atoms with Gasteiger partial charge in [0.1, 0.15) is 0 Å². The van der Waals surface area contributed by atoms with Gasteiger partial charge in [0.2, 0.25) is 0 Å². The molecule has 1 aromatic heterocycles. The zero-order chi connectivity index (χ0) is 10.7. The van der Waals surface area contributed by atoms with Gasteiger partial charge in [-0.3, -0.25) is 0 Å². The number of thiophene rings is 1. The molecule has 15 heavy (non-hydrogen) atoms. The minimum Gasteiger partial charge on any atom is -0.379 e. The Morgan fingerprint density at radius 1 is 1.33 bits per heavy atom. The average Bonchev–Trinajstić information content (AvgIpc) is 2.72. The van der Waals surface area contributed by atoms with Gasteiger partial charge < -0.3 is 5.32 Å². The van der Waals surface area contributed by atoms with E-state index in [0.717, 1.165) is 16.7 Å². The lowest BCUT2D eigenvalue weighted by Crippen LogP contribution is -1.98. The van der Waals surface area contributed by atoms with E-state index in [1.165, 1.54) is 10.4 Å². The third kappa shape index (κ3) is 2.83. The third-order valence-electron chi connectivity index (χ3n) is 2.16. The largest absolute Gasteiger partial charge is 0.379 e. The highest BCUT2D eigenvalue weighted by Gasteiger charge is 1.99. The highest BCUT2D eigenvalue weighted by molar-refractivity contribution is 9.10. The summed E-state index contributed by atoms with van der Waals surface area (Å²) in [7, 11) is 0. The molecule has 0 saturated heterocycles. The lowest BCUT2D eigenvalue weighted by Gasteiger charge is -2.08. The van der Waals surface area contributed by atoms with Gasteiger partial charge in [-0.25, -0.2) is 0 Å². The minimum atomic E-state index is 0.889. The van der Waals surface area contributed by atoms with Crippen molar-refractivity contribution in [2.45, 2.75) is 13.5 Å². The molecule has 78 valence electrons. The van der Waals surface area contributed by atoms with Gasteiger partial charge in [0, 0.05) is 21.6 Å². The van der Waals surface area contributed by atoms with E-state index in [9.17, 15) is 0 Å². The molecular formula is C12H12BrNS. The fourth-order valence-electron chi connectivity index (χ4n) is 1.37. The first kappa shape index (κ1) is 10.7. The van der Waals surface area contributed by atoms with Gasteiger partial charge in [0.25, 0.3) is 0 Å². The third-order valence-corrected chi connectivity index (χ3v) is 3.72. The summed E-state index contributed by atoms with van der Waals surface area (Å²) in [6.45, 7) is 2.99. The maximum atomic E-state index is 3.54. The molecule has 0 aliphatic carbocycles. The Bertz CT molecular complexity index is 437. The number of hydrogen-bond acceptors (Lipinski definition) is 2.